The van der Waals surface area contributed by atoms with Gasteiger partial charge in [0.25, 0.3) is 0 Å². The van der Waals surface area contributed by atoms with Crippen LogP contribution in [0.15, 0.2) is 18.2 Å². The van der Waals surface area contributed by atoms with E-state index in [1.54, 1.807) is 0 Å². The van der Waals surface area contributed by atoms with E-state index in [1.165, 1.54) is 11.1 Å². The first-order chi connectivity index (χ1) is 7.16. The molecule has 2 rings (SSSR count). The fourth-order valence-corrected chi connectivity index (χ4v) is 1.48. The number of ether oxygens (including phenoxy) is 1. The summed E-state index contributed by atoms with van der Waals surface area (Å²) in [6, 6.07) is 5.92. The molecule has 0 saturated heterocycles. The van der Waals surface area contributed by atoms with Gasteiger partial charge in [0.15, 0.2) is 5.78 Å². The molecule has 1 aliphatic carbocycles. The average molecular weight is 204 g/mol. The van der Waals surface area contributed by atoms with E-state index in [0.29, 0.717) is 0 Å². The lowest BCUT2D eigenvalue weighted by Gasteiger charge is -2.07. The van der Waals surface area contributed by atoms with Crippen molar-refractivity contribution in [1.82, 2.24) is 0 Å². The number of hydrogen-bond donors (Lipinski definition) is 0. The molecule has 0 radical (unpaired) electrons. The molecule has 0 spiro atoms. The molecule has 0 heterocycles. The summed E-state index contributed by atoms with van der Waals surface area (Å²) in [5.41, 5.74) is 2.45. The molecule has 1 aliphatic rings. The number of hydrogen-bond acceptors (Lipinski definition) is 2. The largest absolute Gasteiger partial charge is 0.486 e. The van der Waals surface area contributed by atoms with Crippen LogP contribution in [0, 0.1) is 19.8 Å². The highest BCUT2D eigenvalue weighted by Crippen LogP contribution is 2.30. The average Bonchev–Trinajstić information content (AvgIpc) is 3.03. The third-order valence-electron chi connectivity index (χ3n) is 2.89. The summed E-state index contributed by atoms with van der Waals surface area (Å²) in [7, 11) is 0. The van der Waals surface area contributed by atoms with Crippen LogP contribution in [0.1, 0.15) is 24.0 Å². The van der Waals surface area contributed by atoms with Gasteiger partial charge in [-0.25, -0.2) is 0 Å². The van der Waals surface area contributed by atoms with Crippen molar-refractivity contribution >= 4 is 5.78 Å². The fourth-order valence-electron chi connectivity index (χ4n) is 1.48. The summed E-state index contributed by atoms with van der Waals surface area (Å²) in [5, 5.41) is 0. The molecular formula is C13H16O2. The van der Waals surface area contributed by atoms with E-state index >= 15 is 0 Å². The molecule has 0 aromatic heterocycles. The number of Topliss-reactive ketones (excluding diaryl/α,β-unsaturated/α-hetero) is 1. The van der Waals surface area contributed by atoms with Gasteiger partial charge in [-0.3, -0.25) is 4.79 Å². The number of carbonyl (C=O) groups is 1. The minimum atomic E-state index is 0.229. The van der Waals surface area contributed by atoms with Crippen LogP contribution in [0.25, 0.3) is 0 Å². The van der Waals surface area contributed by atoms with E-state index in [2.05, 4.69) is 6.92 Å². The first-order valence-corrected chi connectivity index (χ1v) is 5.39. The van der Waals surface area contributed by atoms with E-state index in [-0.39, 0.29) is 18.3 Å². The fraction of sp³-hybridized carbons (Fsp3) is 0.462. The van der Waals surface area contributed by atoms with Crippen LogP contribution in [-0.4, -0.2) is 12.4 Å². The van der Waals surface area contributed by atoms with Crippen molar-refractivity contribution in [1.29, 1.82) is 0 Å². The van der Waals surface area contributed by atoms with Gasteiger partial charge in [0, 0.05) is 5.92 Å². The zero-order valence-electron chi connectivity index (χ0n) is 9.25. The maximum atomic E-state index is 11.4. The Morgan fingerprint density at radius 1 is 1.33 bits per heavy atom. The van der Waals surface area contributed by atoms with E-state index in [9.17, 15) is 4.79 Å². The van der Waals surface area contributed by atoms with Crippen LogP contribution in [0.5, 0.6) is 5.75 Å². The van der Waals surface area contributed by atoms with Crippen LogP contribution in [0.2, 0.25) is 0 Å². The molecule has 0 N–H and O–H groups in total. The highest BCUT2D eigenvalue weighted by Gasteiger charge is 2.29. The zero-order chi connectivity index (χ0) is 10.8. The second kappa shape index (κ2) is 4.05. The van der Waals surface area contributed by atoms with Gasteiger partial charge in [0.05, 0.1) is 0 Å². The number of carbonyl (C=O) groups excluding carboxylic acids is 1. The predicted octanol–water partition coefficient (Wildman–Crippen LogP) is 2.66. The van der Waals surface area contributed by atoms with Gasteiger partial charge in [-0.1, -0.05) is 6.07 Å². The van der Waals surface area contributed by atoms with Gasteiger partial charge in [0.1, 0.15) is 12.4 Å². The molecule has 0 aliphatic heterocycles. The van der Waals surface area contributed by atoms with Gasteiger partial charge >= 0.3 is 0 Å². The Labute approximate surface area is 90.3 Å². The number of aryl methyl sites for hydroxylation is 2. The third kappa shape index (κ3) is 2.58. The molecule has 2 nitrogen and oxygen atoms in total. The Kier molecular flexibility index (Phi) is 2.76. The van der Waals surface area contributed by atoms with Crippen molar-refractivity contribution < 1.29 is 9.53 Å². The highest BCUT2D eigenvalue weighted by atomic mass is 16.5. The quantitative estimate of drug-likeness (QED) is 0.753. The minimum absolute atomic E-state index is 0.229. The normalized spacial score (nSPS) is 15.1. The molecule has 1 fully saturated rings. The Hall–Kier alpha value is -1.31. The number of rotatable bonds is 4. The van der Waals surface area contributed by atoms with E-state index in [1.807, 2.05) is 25.1 Å². The van der Waals surface area contributed by atoms with Gasteiger partial charge < -0.3 is 4.74 Å². The Morgan fingerprint density at radius 3 is 2.67 bits per heavy atom. The molecule has 80 valence electrons. The van der Waals surface area contributed by atoms with Crippen LogP contribution in [0.4, 0.5) is 0 Å². The summed E-state index contributed by atoms with van der Waals surface area (Å²) in [6.45, 7) is 4.34. The van der Waals surface area contributed by atoms with Crippen LogP contribution >= 0.6 is 0 Å². The minimum Gasteiger partial charge on any atom is -0.486 e. The second-order valence-electron chi connectivity index (χ2n) is 4.28. The van der Waals surface area contributed by atoms with Crippen LogP contribution < -0.4 is 4.74 Å². The molecule has 15 heavy (non-hydrogen) atoms. The van der Waals surface area contributed by atoms with Gasteiger partial charge in [-0.2, -0.15) is 0 Å². The predicted molar refractivity (Wildman–Crippen MR) is 59.1 cm³/mol. The van der Waals surface area contributed by atoms with Gasteiger partial charge in [0.2, 0.25) is 0 Å². The van der Waals surface area contributed by atoms with Crippen molar-refractivity contribution in [3.05, 3.63) is 29.3 Å². The van der Waals surface area contributed by atoms with Crippen LogP contribution in [0.3, 0.4) is 0 Å². The van der Waals surface area contributed by atoms with Crippen molar-refractivity contribution in [3.63, 3.8) is 0 Å². The summed E-state index contributed by atoms with van der Waals surface area (Å²) >= 11 is 0. The Balaban J connectivity index is 1.92. The molecular weight excluding hydrogens is 188 g/mol. The second-order valence-corrected chi connectivity index (χ2v) is 4.28. The van der Waals surface area contributed by atoms with Gasteiger partial charge in [-0.15, -0.1) is 0 Å². The van der Waals surface area contributed by atoms with Crippen LogP contribution in [-0.2, 0) is 4.79 Å². The zero-order valence-corrected chi connectivity index (χ0v) is 9.25. The number of benzene rings is 1. The molecule has 0 amide bonds. The smallest absolute Gasteiger partial charge is 0.173 e. The molecule has 0 bridgehead atoms. The van der Waals surface area contributed by atoms with E-state index in [0.717, 1.165) is 18.6 Å². The Morgan fingerprint density at radius 2 is 2.07 bits per heavy atom. The standard InChI is InChI=1S/C13H16O2/c1-9-3-6-12(7-10(9)2)15-8-13(14)11-4-5-11/h3,6-7,11H,4-5,8H2,1-2H3. The maximum Gasteiger partial charge on any atom is 0.173 e. The van der Waals surface area contributed by atoms with Gasteiger partial charge in [-0.05, 0) is 49.9 Å². The van der Waals surface area contributed by atoms with Crippen molar-refractivity contribution in [3.8, 4) is 5.75 Å². The summed E-state index contributed by atoms with van der Waals surface area (Å²) in [5.74, 6) is 1.33. The molecule has 1 aromatic carbocycles. The molecule has 0 unspecified atom stereocenters. The SMILES string of the molecule is Cc1ccc(OCC(=O)C2CC2)cc1C. The summed E-state index contributed by atoms with van der Waals surface area (Å²) in [6.07, 6.45) is 2.10. The lowest BCUT2D eigenvalue weighted by Crippen LogP contribution is -2.12. The topological polar surface area (TPSA) is 26.3 Å². The third-order valence-corrected chi connectivity index (χ3v) is 2.89. The highest BCUT2D eigenvalue weighted by molar-refractivity contribution is 5.84. The molecule has 2 heteroatoms. The lowest BCUT2D eigenvalue weighted by atomic mass is 10.1. The monoisotopic (exact) mass is 204 g/mol. The number of ketones is 1. The molecule has 0 atom stereocenters. The molecule has 1 saturated carbocycles. The lowest BCUT2D eigenvalue weighted by molar-refractivity contribution is -0.122. The van der Waals surface area contributed by atoms with Crippen molar-refractivity contribution in [2.24, 2.45) is 5.92 Å². The first kappa shape index (κ1) is 10.2. The first-order valence-electron chi connectivity index (χ1n) is 5.39. The summed E-state index contributed by atoms with van der Waals surface area (Å²) < 4.78 is 5.46. The van der Waals surface area contributed by atoms with Crippen molar-refractivity contribution in [2.75, 3.05) is 6.61 Å². The maximum absolute atomic E-state index is 11.4. The summed E-state index contributed by atoms with van der Waals surface area (Å²) in [4.78, 5) is 11.4. The van der Waals surface area contributed by atoms with E-state index in [4.69, 9.17) is 4.74 Å². The molecule has 1 aromatic rings. The van der Waals surface area contributed by atoms with E-state index < -0.39 is 0 Å². The van der Waals surface area contributed by atoms with Crippen molar-refractivity contribution in [2.45, 2.75) is 26.7 Å². The Bertz CT molecular complexity index is 378.